The summed E-state index contributed by atoms with van der Waals surface area (Å²) >= 11 is 0. The Kier molecular flexibility index (Phi) is 8.11. The van der Waals surface area contributed by atoms with Gasteiger partial charge in [-0.25, -0.2) is 19.4 Å². The Morgan fingerprint density at radius 1 is 1.12 bits per heavy atom. The van der Waals surface area contributed by atoms with Crippen molar-refractivity contribution in [1.82, 2.24) is 29.2 Å². The van der Waals surface area contributed by atoms with Gasteiger partial charge in [0.05, 0.1) is 62.4 Å². The number of nitrogens with zero attached hydrogens (tertiary/aromatic N) is 8. The Morgan fingerprint density at radius 3 is 2.66 bits per heavy atom. The minimum Gasteiger partial charge on any atom is -0.464 e. The molecule has 1 atom stereocenters. The molecule has 4 aromatic heterocycles. The third-order valence-corrected chi connectivity index (χ3v) is 10.5. The molecular weight excluding hydrogens is 638 g/mol. The van der Waals surface area contributed by atoms with Gasteiger partial charge in [-0.1, -0.05) is 13.8 Å². The molecule has 3 aliphatic heterocycles. The molecule has 0 aromatic carbocycles. The lowest BCUT2D eigenvalue weighted by atomic mass is 9.90. The number of nitrogens with one attached hydrogen (secondary N) is 1. The molecule has 4 aromatic rings. The van der Waals surface area contributed by atoms with Crippen molar-refractivity contribution in [2.75, 3.05) is 61.6 Å². The van der Waals surface area contributed by atoms with E-state index < -0.39 is 12.6 Å². The molecule has 0 spiro atoms. The number of hydrogen-bond acceptors (Lipinski definition) is 11. The third kappa shape index (κ3) is 5.60. The number of fused-ring (bicyclic) bond motifs is 3. The van der Waals surface area contributed by atoms with Gasteiger partial charge in [0, 0.05) is 56.2 Å². The molecule has 0 saturated carbocycles. The number of amides is 1. The van der Waals surface area contributed by atoms with Crippen LogP contribution in [0.15, 0.2) is 42.9 Å². The fourth-order valence-corrected chi connectivity index (χ4v) is 7.92. The molecule has 7 heterocycles. The normalized spacial score (nSPS) is 20.4. The topological polar surface area (TPSA) is 143 Å². The molecule has 1 aliphatic carbocycles. The molecule has 4 aliphatic rings. The highest BCUT2D eigenvalue weighted by atomic mass is 16.5. The molecule has 1 amide bonds. The van der Waals surface area contributed by atoms with Crippen LogP contribution in [0.1, 0.15) is 58.6 Å². The molecule has 8 rings (SSSR count). The van der Waals surface area contributed by atoms with Crippen molar-refractivity contribution in [2.45, 2.75) is 58.8 Å². The number of methoxy groups -OCH3 is 1. The fourth-order valence-electron chi connectivity index (χ4n) is 7.92. The summed E-state index contributed by atoms with van der Waals surface area (Å²) in [5.41, 5.74) is 5.67. The van der Waals surface area contributed by atoms with Crippen LogP contribution in [-0.2, 0) is 35.5 Å². The first-order chi connectivity index (χ1) is 24.1. The minimum atomic E-state index is -0.630. The zero-order valence-corrected chi connectivity index (χ0v) is 28.9. The van der Waals surface area contributed by atoms with Crippen molar-refractivity contribution < 1.29 is 24.2 Å². The first-order valence-corrected chi connectivity index (χ1v) is 17.3. The molecule has 1 unspecified atom stereocenters. The average Bonchev–Trinajstić information content (AvgIpc) is 3.74. The van der Waals surface area contributed by atoms with Crippen molar-refractivity contribution in [1.29, 1.82) is 0 Å². The number of carbonyl (C=O) groups is 2. The average molecular weight is 682 g/mol. The molecule has 50 heavy (non-hydrogen) atoms. The molecule has 0 bridgehead atoms. The first-order valence-electron chi connectivity index (χ1n) is 17.3. The number of aliphatic hydroxyl groups excluding tert-OH is 1. The lowest BCUT2D eigenvalue weighted by molar-refractivity contribution is -0.0691. The highest BCUT2D eigenvalue weighted by Crippen LogP contribution is 2.40. The number of carbonyl (C=O) groups excluding carboxylic acids is 2. The van der Waals surface area contributed by atoms with E-state index in [-0.39, 0.29) is 17.0 Å². The van der Waals surface area contributed by atoms with Crippen molar-refractivity contribution in [3.63, 3.8) is 0 Å². The Labute approximate surface area is 290 Å². The van der Waals surface area contributed by atoms with Crippen LogP contribution in [-0.4, -0.2) is 105 Å². The Bertz CT molecular complexity index is 1950. The molecule has 262 valence electrons. The summed E-state index contributed by atoms with van der Waals surface area (Å²) < 4.78 is 14.1. The number of aromatic nitrogens is 5. The van der Waals surface area contributed by atoms with Crippen molar-refractivity contribution >= 4 is 34.9 Å². The lowest BCUT2D eigenvalue weighted by Crippen LogP contribution is -2.59. The molecule has 2 fully saturated rings. The van der Waals surface area contributed by atoms with Crippen LogP contribution in [0.4, 0.5) is 23.0 Å². The van der Waals surface area contributed by atoms with E-state index in [9.17, 15) is 14.7 Å². The first kappa shape index (κ1) is 32.4. The second-order valence-corrected chi connectivity index (χ2v) is 14.5. The van der Waals surface area contributed by atoms with E-state index in [2.05, 4.69) is 55.5 Å². The number of hydrogen-bond donors (Lipinski definition) is 2. The third-order valence-electron chi connectivity index (χ3n) is 10.5. The number of pyridine rings is 2. The van der Waals surface area contributed by atoms with Gasteiger partial charge < -0.3 is 29.4 Å². The molecule has 2 saturated heterocycles. The summed E-state index contributed by atoms with van der Waals surface area (Å²) in [5.74, 6) is 0.112. The maximum atomic E-state index is 13.9. The molecular formula is C36H43N9O5. The predicted octanol–water partition coefficient (Wildman–Crippen LogP) is 3.18. The van der Waals surface area contributed by atoms with E-state index in [1.165, 1.54) is 23.0 Å². The van der Waals surface area contributed by atoms with Gasteiger partial charge in [0.2, 0.25) is 0 Å². The van der Waals surface area contributed by atoms with Gasteiger partial charge in [-0.3, -0.25) is 14.6 Å². The Hall–Kier alpha value is -4.79. The maximum Gasteiger partial charge on any atom is 0.360 e. The van der Waals surface area contributed by atoms with Gasteiger partial charge in [-0.2, -0.15) is 5.10 Å². The maximum absolute atomic E-state index is 13.9. The smallest absolute Gasteiger partial charge is 0.360 e. The van der Waals surface area contributed by atoms with Crippen molar-refractivity contribution in [3.8, 4) is 5.69 Å². The summed E-state index contributed by atoms with van der Waals surface area (Å²) in [6.07, 6.45) is 6.96. The quantitative estimate of drug-likeness (QED) is 0.265. The Balaban J connectivity index is 1.04. The van der Waals surface area contributed by atoms with Crippen LogP contribution in [0.3, 0.4) is 0 Å². The summed E-state index contributed by atoms with van der Waals surface area (Å²) in [5, 5.41) is 18.4. The van der Waals surface area contributed by atoms with E-state index in [1.807, 2.05) is 24.4 Å². The zero-order valence-electron chi connectivity index (χ0n) is 28.9. The predicted molar refractivity (Wildman–Crippen MR) is 186 cm³/mol. The van der Waals surface area contributed by atoms with E-state index in [0.717, 1.165) is 51.4 Å². The second kappa shape index (κ2) is 12.5. The van der Waals surface area contributed by atoms with Crippen molar-refractivity contribution in [3.05, 3.63) is 71.1 Å². The van der Waals surface area contributed by atoms with E-state index in [0.29, 0.717) is 59.4 Å². The van der Waals surface area contributed by atoms with Gasteiger partial charge in [-0.05, 0) is 55.0 Å². The second-order valence-electron chi connectivity index (χ2n) is 14.5. The van der Waals surface area contributed by atoms with Gasteiger partial charge in [0.25, 0.3) is 5.91 Å². The van der Waals surface area contributed by atoms with Gasteiger partial charge in [0.1, 0.15) is 17.3 Å². The van der Waals surface area contributed by atoms with Gasteiger partial charge >= 0.3 is 5.97 Å². The van der Waals surface area contributed by atoms with Gasteiger partial charge in [-0.15, -0.1) is 0 Å². The summed E-state index contributed by atoms with van der Waals surface area (Å²) in [4.78, 5) is 42.5. The van der Waals surface area contributed by atoms with Crippen LogP contribution in [0, 0.1) is 5.41 Å². The minimum absolute atomic E-state index is 0.0506. The highest BCUT2D eigenvalue weighted by molar-refractivity contribution is 6.06. The number of ether oxygens (including phenoxy) is 2. The SMILES string of the molecule is COC(=O)c1nn(-c2ccnc(N3CCn4c(cc5c4CC(C)(C)C5)C3=O)c2CO)cc1Nc1ccc(N2CCN(C3COC3)CC2C)cn1. The van der Waals surface area contributed by atoms with Crippen LogP contribution in [0.25, 0.3) is 5.69 Å². The molecule has 2 N–H and O–H groups in total. The monoisotopic (exact) mass is 681 g/mol. The van der Waals surface area contributed by atoms with Crippen LogP contribution < -0.4 is 15.1 Å². The van der Waals surface area contributed by atoms with E-state index in [1.54, 1.807) is 23.4 Å². The lowest BCUT2D eigenvalue weighted by Gasteiger charge is -2.46. The van der Waals surface area contributed by atoms with E-state index >= 15 is 0 Å². The van der Waals surface area contributed by atoms with Crippen molar-refractivity contribution in [2.24, 2.45) is 5.41 Å². The number of anilines is 4. The number of rotatable bonds is 8. The molecule has 0 radical (unpaired) electrons. The van der Waals surface area contributed by atoms with E-state index in [4.69, 9.17) is 9.47 Å². The number of esters is 1. The molecule has 14 heteroatoms. The largest absolute Gasteiger partial charge is 0.464 e. The van der Waals surface area contributed by atoms with Gasteiger partial charge in [0.15, 0.2) is 5.69 Å². The highest BCUT2D eigenvalue weighted by Gasteiger charge is 2.38. The number of aliphatic hydroxyl groups is 1. The van der Waals surface area contributed by atoms with Crippen LogP contribution in [0.2, 0.25) is 0 Å². The Morgan fingerprint density at radius 2 is 1.96 bits per heavy atom. The zero-order chi connectivity index (χ0) is 34.7. The number of piperazine rings is 1. The fraction of sp³-hybridized carbons (Fsp3) is 0.472. The summed E-state index contributed by atoms with van der Waals surface area (Å²) in [7, 11) is 1.30. The van der Waals surface area contributed by atoms with Crippen LogP contribution in [0.5, 0.6) is 0 Å². The molecule has 14 nitrogen and oxygen atoms in total. The van der Waals surface area contributed by atoms with Crippen LogP contribution >= 0.6 is 0 Å². The standard InChI is InChI=1S/C36H43N9O5/c1-22-17-41(25-20-50-21-25)9-10-42(22)24-5-6-31(38-16-24)39-27-18-45(40-32(27)35(48)49-4)28-7-8-37-33(26(28)19-46)44-12-11-43-29(34(44)47)13-23-14-36(2,3)15-30(23)43/h5-8,13,16,18,22,25,46H,9-12,14-15,17,19-21H2,1-4H3,(H,38,39). The summed E-state index contributed by atoms with van der Waals surface area (Å²) in [6.45, 7) is 11.9. The summed E-state index contributed by atoms with van der Waals surface area (Å²) in [6, 6.07) is 8.48.